The number of amides is 1. The van der Waals surface area contributed by atoms with E-state index in [0.29, 0.717) is 23.1 Å². The summed E-state index contributed by atoms with van der Waals surface area (Å²) in [7, 11) is 1.58. The Labute approximate surface area is 179 Å². The van der Waals surface area contributed by atoms with E-state index in [2.05, 4.69) is 20.8 Å². The Morgan fingerprint density at radius 2 is 1.84 bits per heavy atom. The largest absolute Gasteiger partial charge is 0.497 e. The van der Waals surface area contributed by atoms with Crippen molar-refractivity contribution in [3.63, 3.8) is 0 Å². The minimum absolute atomic E-state index is 0.161. The minimum atomic E-state index is -0.297. The molecular weight excluding hydrogens is 397 g/mol. The first kappa shape index (κ1) is 20.6. The van der Waals surface area contributed by atoms with E-state index in [0.717, 1.165) is 36.9 Å². The lowest BCUT2D eigenvalue weighted by Crippen LogP contribution is -2.37. The zero-order valence-electron chi connectivity index (χ0n) is 17.2. The van der Waals surface area contributed by atoms with E-state index >= 15 is 0 Å². The van der Waals surface area contributed by atoms with Gasteiger partial charge in [0.15, 0.2) is 5.82 Å². The molecule has 1 fully saturated rings. The van der Waals surface area contributed by atoms with Gasteiger partial charge in [0.05, 0.1) is 18.8 Å². The van der Waals surface area contributed by atoms with E-state index in [4.69, 9.17) is 9.73 Å². The fourth-order valence-corrected chi connectivity index (χ4v) is 3.52. The summed E-state index contributed by atoms with van der Waals surface area (Å²) in [5.41, 5.74) is 2.03. The minimum Gasteiger partial charge on any atom is -0.497 e. The van der Waals surface area contributed by atoms with Crippen LogP contribution in [0.5, 0.6) is 5.75 Å². The monoisotopic (exact) mass is 421 g/mol. The molecule has 8 heteroatoms. The molecule has 1 aliphatic rings. The lowest BCUT2D eigenvalue weighted by atomic mass is 10.1. The highest BCUT2D eigenvalue weighted by Crippen LogP contribution is 2.22. The smallest absolute Gasteiger partial charge is 0.257 e. The molecule has 3 N–H and O–H groups in total. The van der Waals surface area contributed by atoms with Crippen LogP contribution in [-0.2, 0) is 0 Å². The lowest BCUT2D eigenvalue weighted by Gasteiger charge is -2.12. The van der Waals surface area contributed by atoms with Crippen LogP contribution in [0.25, 0.3) is 11.3 Å². The van der Waals surface area contributed by atoms with Crippen LogP contribution in [0.1, 0.15) is 36.0 Å². The van der Waals surface area contributed by atoms with Gasteiger partial charge in [-0.25, -0.2) is 9.38 Å². The third kappa shape index (κ3) is 5.28. The van der Waals surface area contributed by atoms with Crippen LogP contribution in [0, 0.1) is 5.82 Å². The summed E-state index contributed by atoms with van der Waals surface area (Å²) in [5, 5.41) is 13.1. The number of nitrogens with zero attached hydrogens (tertiary/aromatic N) is 2. The standard InChI is InChI=1S/C23H24FN5O2/c1-31-19-12-8-16(9-13-19)22(30)27-23(25-18-4-2-3-5-18)26-21-14-20(28-29-21)15-6-10-17(24)11-7-15/h6-14,18H,2-5H2,1H3,(H3,25,26,27,28,29,30). The number of guanidine groups is 1. The molecular formula is C23H24FN5O2. The first-order chi connectivity index (χ1) is 15.1. The maximum atomic E-state index is 13.2. The third-order valence-corrected chi connectivity index (χ3v) is 5.20. The fourth-order valence-electron chi connectivity index (χ4n) is 3.52. The van der Waals surface area contributed by atoms with Crippen LogP contribution >= 0.6 is 0 Å². The quantitative estimate of drug-likeness (QED) is 0.422. The van der Waals surface area contributed by atoms with Crippen molar-refractivity contribution in [1.29, 1.82) is 0 Å². The summed E-state index contributed by atoms with van der Waals surface area (Å²) in [6, 6.07) is 14.9. The van der Waals surface area contributed by atoms with Gasteiger partial charge >= 0.3 is 0 Å². The first-order valence-electron chi connectivity index (χ1n) is 10.2. The number of carbonyl (C=O) groups is 1. The summed E-state index contributed by atoms with van der Waals surface area (Å²) in [5.74, 6) is 0.963. The average molecular weight is 421 g/mol. The van der Waals surface area contributed by atoms with Crippen LogP contribution in [0.15, 0.2) is 59.6 Å². The van der Waals surface area contributed by atoms with E-state index in [1.165, 1.54) is 12.1 Å². The predicted molar refractivity (Wildman–Crippen MR) is 118 cm³/mol. The molecule has 3 aromatic rings. The molecule has 1 aromatic heterocycles. The Bertz CT molecular complexity index is 1050. The Morgan fingerprint density at radius 3 is 2.52 bits per heavy atom. The van der Waals surface area contributed by atoms with Gasteiger partial charge in [-0.1, -0.05) is 12.8 Å². The number of ether oxygens (including phenoxy) is 1. The number of aromatic amines is 1. The topological polar surface area (TPSA) is 91.4 Å². The number of H-pyrrole nitrogens is 1. The summed E-state index contributed by atoms with van der Waals surface area (Å²) in [6.45, 7) is 0. The second kappa shape index (κ2) is 9.42. The highest BCUT2D eigenvalue weighted by molar-refractivity contribution is 6.09. The molecule has 0 atom stereocenters. The van der Waals surface area contributed by atoms with Crippen molar-refractivity contribution in [3.05, 3.63) is 66.0 Å². The molecule has 0 unspecified atom stereocenters. The Morgan fingerprint density at radius 1 is 1.13 bits per heavy atom. The van der Waals surface area contributed by atoms with Crippen LogP contribution in [0.4, 0.5) is 10.2 Å². The van der Waals surface area contributed by atoms with Gasteiger partial charge in [0, 0.05) is 11.6 Å². The molecule has 1 heterocycles. The molecule has 0 saturated heterocycles. The van der Waals surface area contributed by atoms with Crippen molar-refractivity contribution >= 4 is 17.7 Å². The number of aliphatic imine (C=N–C) groups is 1. The molecule has 1 amide bonds. The molecule has 160 valence electrons. The summed E-state index contributed by atoms with van der Waals surface area (Å²) in [6.07, 6.45) is 4.24. The number of benzene rings is 2. The van der Waals surface area contributed by atoms with E-state index < -0.39 is 0 Å². The number of hydrogen-bond donors (Lipinski definition) is 3. The number of anilines is 1. The number of carbonyl (C=O) groups excluding carboxylic acids is 1. The van der Waals surface area contributed by atoms with Crippen LogP contribution in [-0.4, -0.2) is 35.2 Å². The van der Waals surface area contributed by atoms with Gasteiger partial charge in [-0.15, -0.1) is 0 Å². The highest BCUT2D eigenvalue weighted by atomic mass is 19.1. The molecule has 0 radical (unpaired) electrons. The van der Waals surface area contributed by atoms with Crippen LogP contribution < -0.4 is 15.4 Å². The van der Waals surface area contributed by atoms with E-state index in [-0.39, 0.29) is 17.8 Å². The molecule has 31 heavy (non-hydrogen) atoms. The van der Waals surface area contributed by atoms with Crippen molar-refractivity contribution < 1.29 is 13.9 Å². The molecule has 1 saturated carbocycles. The second-order valence-corrected chi connectivity index (χ2v) is 7.40. The van der Waals surface area contributed by atoms with Crippen molar-refractivity contribution in [2.24, 2.45) is 4.99 Å². The molecule has 7 nitrogen and oxygen atoms in total. The lowest BCUT2D eigenvalue weighted by molar-refractivity contribution is 0.0977. The fraction of sp³-hybridized carbons (Fsp3) is 0.261. The number of aromatic nitrogens is 2. The summed E-state index contributed by atoms with van der Waals surface area (Å²) in [4.78, 5) is 17.4. The Hall–Kier alpha value is -3.68. The van der Waals surface area contributed by atoms with Gasteiger partial charge in [-0.05, 0) is 66.9 Å². The molecule has 0 bridgehead atoms. The molecule has 2 aromatic carbocycles. The third-order valence-electron chi connectivity index (χ3n) is 5.20. The maximum Gasteiger partial charge on any atom is 0.257 e. The van der Waals surface area contributed by atoms with E-state index in [1.807, 2.05) is 0 Å². The van der Waals surface area contributed by atoms with Gasteiger partial charge in [0.2, 0.25) is 5.96 Å². The number of nitrogens with one attached hydrogen (secondary N) is 3. The van der Waals surface area contributed by atoms with Crippen molar-refractivity contribution in [2.45, 2.75) is 31.7 Å². The molecule has 1 aliphatic carbocycles. The van der Waals surface area contributed by atoms with Crippen molar-refractivity contribution in [3.8, 4) is 17.0 Å². The average Bonchev–Trinajstić information content (AvgIpc) is 3.46. The number of hydrogen-bond acceptors (Lipinski definition) is 4. The zero-order valence-corrected chi connectivity index (χ0v) is 17.2. The molecule has 0 spiro atoms. The summed E-state index contributed by atoms with van der Waals surface area (Å²) < 4.78 is 18.3. The number of rotatable bonds is 5. The van der Waals surface area contributed by atoms with E-state index in [9.17, 15) is 9.18 Å². The normalized spacial score (nSPS) is 14.5. The van der Waals surface area contributed by atoms with Gasteiger partial charge in [-0.3, -0.25) is 15.2 Å². The predicted octanol–water partition coefficient (Wildman–Crippen LogP) is 4.36. The van der Waals surface area contributed by atoms with Gasteiger partial charge in [-0.2, -0.15) is 5.10 Å². The van der Waals surface area contributed by atoms with Crippen LogP contribution in [0.2, 0.25) is 0 Å². The first-order valence-corrected chi connectivity index (χ1v) is 10.2. The van der Waals surface area contributed by atoms with Gasteiger partial charge < -0.3 is 10.1 Å². The van der Waals surface area contributed by atoms with Gasteiger partial charge in [0.25, 0.3) is 5.91 Å². The SMILES string of the molecule is COc1ccc(C(=O)NC(=NC2CCCC2)Nc2cc(-c3ccc(F)cc3)[nH]n2)cc1. The second-order valence-electron chi connectivity index (χ2n) is 7.40. The zero-order chi connectivity index (χ0) is 21.6. The summed E-state index contributed by atoms with van der Waals surface area (Å²) >= 11 is 0. The van der Waals surface area contributed by atoms with Crippen LogP contribution in [0.3, 0.4) is 0 Å². The molecule has 4 rings (SSSR count). The Kier molecular flexibility index (Phi) is 6.26. The number of halogens is 1. The highest BCUT2D eigenvalue weighted by Gasteiger charge is 2.17. The van der Waals surface area contributed by atoms with Gasteiger partial charge in [0.1, 0.15) is 11.6 Å². The number of methoxy groups -OCH3 is 1. The maximum absolute atomic E-state index is 13.2. The van der Waals surface area contributed by atoms with Crippen molar-refractivity contribution in [1.82, 2.24) is 15.5 Å². The van der Waals surface area contributed by atoms with Crippen molar-refractivity contribution in [2.75, 3.05) is 12.4 Å². The van der Waals surface area contributed by atoms with E-state index in [1.54, 1.807) is 49.6 Å². The molecule has 0 aliphatic heterocycles. The Balaban J connectivity index is 1.51.